The van der Waals surface area contributed by atoms with E-state index >= 15 is 0 Å². The second-order valence-electron chi connectivity index (χ2n) is 6.60. The number of morpholine rings is 1. The van der Waals surface area contributed by atoms with Crippen molar-refractivity contribution in [3.63, 3.8) is 0 Å². The van der Waals surface area contributed by atoms with Gasteiger partial charge in [0.1, 0.15) is 5.82 Å². The van der Waals surface area contributed by atoms with E-state index in [2.05, 4.69) is 22.5 Å². The molecule has 5 nitrogen and oxygen atoms in total. The Labute approximate surface area is 159 Å². The number of guanidine groups is 1. The maximum atomic E-state index is 14.5. The Morgan fingerprint density at radius 3 is 2.88 bits per heavy atom. The molecule has 1 atom stereocenters. The highest BCUT2D eigenvalue weighted by Gasteiger charge is 2.16. The molecular weight excluding hydrogens is 351 g/mol. The van der Waals surface area contributed by atoms with E-state index in [4.69, 9.17) is 4.74 Å². The lowest BCUT2D eigenvalue weighted by atomic mass is 10.1. The van der Waals surface area contributed by atoms with Crippen molar-refractivity contribution in [1.29, 1.82) is 0 Å². The number of benzene rings is 1. The molecule has 144 valence electrons. The molecule has 0 aromatic heterocycles. The van der Waals surface area contributed by atoms with Gasteiger partial charge in [-0.15, -0.1) is 0 Å². The number of anilines is 1. The van der Waals surface area contributed by atoms with E-state index in [0.717, 1.165) is 37.7 Å². The minimum Gasteiger partial charge on any atom is -0.378 e. The van der Waals surface area contributed by atoms with Crippen molar-refractivity contribution in [2.75, 3.05) is 50.0 Å². The largest absolute Gasteiger partial charge is 0.378 e. The Hall–Kier alpha value is -1.47. The van der Waals surface area contributed by atoms with Gasteiger partial charge in [0.05, 0.1) is 25.4 Å². The van der Waals surface area contributed by atoms with E-state index in [-0.39, 0.29) is 5.82 Å². The molecule has 0 aliphatic carbocycles. The molecule has 2 aliphatic rings. The first-order chi connectivity index (χ1) is 12.8. The smallest absolute Gasteiger partial charge is 0.191 e. The Bertz CT molecular complexity index is 601. The number of ether oxygens (including phenoxy) is 1. The average molecular weight is 381 g/mol. The lowest BCUT2D eigenvalue weighted by Crippen LogP contribution is -2.40. The van der Waals surface area contributed by atoms with Gasteiger partial charge < -0.3 is 20.3 Å². The summed E-state index contributed by atoms with van der Waals surface area (Å²) in [7, 11) is 0. The van der Waals surface area contributed by atoms with E-state index in [1.54, 1.807) is 6.07 Å². The Balaban J connectivity index is 1.58. The Morgan fingerprint density at radius 1 is 1.35 bits per heavy atom. The summed E-state index contributed by atoms with van der Waals surface area (Å²) in [4.78, 5) is 6.65. The molecule has 2 saturated heterocycles. The molecular formula is C19H29FN4OS. The molecule has 2 aliphatic heterocycles. The van der Waals surface area contributed by atoms with Crippen LogP contribution in [0.1, 0.15) is 25.3 Å². The first kappa shape index (κ1) is 19.3. The van der Waals surface area contributed by atoms with Crippen LogP contribution in [0.15, 0.2) is 23.2 Å². The van der Waals surface area contributed by atoms with Gasteiger partial charge in [0.25, 0.3) is 0 Å². The van der Waals surface area contributed by atoms with E-state index in [1.165, 1.54) is 18.6 Å². The fourth-order valence-corrected chi connectivity index (χ4v) is 4.44. The zero-order chi connectivity index (χ0) is 18.2. The summed E-state index contributed by atoms with van der Waals surface area (Å²) in [6.45, 7) is 7.05. The molecule has 0 bridgehead atoms. The van der Waals surface area contributed by atoms with Crippen LogP contribution in [0.5, 0.6) is 0 Å². The van der Waals surface area contributed by atoms with Crippen LogP contribution in [0.25, 0.3) is 0 Å². The normalized spacial score (nSPS) is 21.1. The van der Waals surface area contributed by atoms with E-state index in [1.807, 2.05) is 28.8 Å². The van der Waals surface area contributed by atoms with Crippen molar-refractivity contribution in [2.24, 2.45) is 4.99 Å². The minimum atomic E-state index is -0.181. The van der Waals surface area contributed by atoms with Crippen molar-refractivity contribution >= 4 is 23.4 Å². The maximum absolute atomic E-state index is 14.5. The molecule has 26 heavy (non-hydrogen) atoms. The van der Waals surface area contributed by atoms with Crippen molar-refractivity contribution < 1.29 is 9.13 Å². The molecule has 0 radical (unpaired) electrons. The first-order valence-electron chi connectivity index (χ1n) is 9.51. The third-order valence-electron chi connectivity index (χ3n) is 4.65. The van der Waals surface area contributed by atoms with E-state index in [9.17, 15) is 4.39 Å². The van der Waals surface area contributed by atoms with Crippen LogP contribution in [0.2, 0.25) is 0 Å². The SMILES string of the molecule is CCNC(=NCc1ccc(N2CCOCC2)c(F)c1)NCC1CCCS1. The van der Waals surface area contributed by atoms with Gasteiger partial charge in [0.15, 0.2) is 5.96 Å². The van der Waals surface area contributed by atoms with E-state index < -0.39 is 0 Å². The lowest BCUT2D eigenvalue weighted by Gasteiger charge is -2.29. The van der Waals surface area contributed by atoms with Gasteiger partial charge in [-0.05, 0) is 43.2 Å². The van der Waals surface area contributed by atoms with Crippen molar-refractivity contribution in [3.8, 4) is 0 Å². The topological polar surface area (TPSA) is 48.9 Å². The molecule has 2 fully saturated rings. The molecule has 0 amide bonds. The summed E-state index contributed by atoms with van der Waals surface area (Å²) in [5.41, 5.74) is 1.54. The highest BCUT2D eigenvalue weighted by Crippen LogP contribution is 2.25. The molecule has 0 saturated carbocycles. The number of nitrogens with zero attached hydrogens (tertiary/aromatic N) is 2. The summed E-state index contributed by atoms with van der Waals surface area (Å²) in [6, 6.07) is 5.43. The van der Waals surface area contributed by atoms with Crippen LogP contribution in [0, 0.1) is 5.82 Å². The van der Waals surface area contributed by atoms with Crippen molar-refractivity contribution in [1.82, 2.24) is 10.6 Å². The first-order valence-corrected chi connectivity index (χ1v) is 10.6. The number of thioether (sulfide) groups is 1. The van der Waals surface area contributed by atoms with Gasteiger partial charge in [-0.25, -0.2) is 9.38 Å². The van der Waals surface area contributed by atoms with Gasteiger partial charge in [0.2, 0.25) is 0 Å². The number of hydrogen-bond acceptors (Lipinski definition) is 4. The second kappa shape index (κ2) is 10.0. The van der Waals surface area contributed by atoms with E-state index in [0.29, 0.717) is 30.7 Å². The molecule has 7 heteroatoms. The summed E-state index contributed by atoms with van der Waals surface area (Å²) in [5, 5.41) is 7.35. The van der Waals surface area contributed by atoms with Gasteiger partial charge >= 0.3 is 0 Å². The van der Waals surface area contributed by atoms with Crippen LogP contribution < -0.4 is 15.5 Å². The Kier molecular flexibility index (Phi) is 7.43. The highest BCUT2D eigenvalue weighted by atomic mass is 32.2. The zero-order valence-electron chi connectivity index (χ0n) is 15.5. The summed E-state index contributed by atoms with van der Waals surface area (Å²) in [5.74, 6) is 1.88. The van der Waals surface area contributed by atoms with Crippen LogP contribution in [0.4, 0.5) is 10.1 Å². The Morgan fingerprint density at radius 2 is 2.19 bits per heavy atom. The van der Waals surface area contributed by atoms with Crippen molar-refractivity contribution in [3.05, 3.63) is 29.6 Å². The quantitative estimate of drug-likeness (QED) is 0.587. The standard InChI is InChI=1S/C19H29FN4OS/c1-2-21-19(23-14-16-4-3-11-26-16)22-13-15-5-6-18(17(20)12-15)24-7-9-25-10-8-24/h5-6,12,16H,2-4,7-11,13-14H2,1H3,(H2,21,22,23). The number of halogens is 1. The zero-order valence-corrected chi connectivity index (χ0v) is 16.3. The predicted molar refractivity (Wildman–Crippen MR) is 108 cm³/mol. The molecule has 0 spiro atoms. The monoisotopic (exact) mass is 380 g/mol. The molecule has 2 N–H and O–H groups in total. The summed E-state index contributed by atoms with van der Waals surface area (Å²) >= 11 is 2.03. The fraction of sp³-hybridized carbons (Fsp3) is 0.632. The number of rotatable bonds is 6. The summed E-state index contributed by atoms with van der Waals surface area (Å²) < 4.78 is 19.8. The second-order valence-corrected chi connectivity index (χ2v) is 8.00. The molecule has 1 aromatic carbocycles. The summed E-state index contributed by atoms with van der Waals surface area (Å²) in [6.07, 6.45) is 2.57. The average Bonchev–Trinajstić information content (AvgIpc) is 3.18. The van der Waals surface area contributed by atoms with Gasteiger partial charge in [-0.3, -0.25) is 0 Å². The molecule has 1 unspecified atom stereocenters. The third-order valence-corrected chi connectivity index (χ3v) is 6.05. The minimum absolute atomic E-state index is 0.181. The van der Waals surface area contributed by atoms with Crippen LogP contribution in [0.3, 0.4) is 0 Å². The maximum Gasteiger partial charge on any atom is 0.191 e. The molecule has 1 aromatic rings. The highest BCUT2D eigenvalue weighted by molar-refractivity contribution is 8.00. The number of hydrogen-bond donors (Lipinski definition) is 2. The number of aliphatic imine (C=N–C) groups is 1. The van der Waals surface area contributed by atoms with Crippen LogP contribution >= 0.6 is 11.8 Å². The van der Waals surface area contributed by atoms with Crippen LogP contribution in [-0.4, -0.2) is 56.4 Å². The predicted octanol–water partition coefficient (Wildman–Crippen LogP) is 2.61. The van der Waals surface area contributed by atoms with Gasteiger partial charge in [-0.1, -0.05) is 6.07 Å². The molecule has 3 rings (SSSR count). The third kappa shape index (κ3) is 5.51. The van der Waals surface area contributed by atoms with Crippen molar-refractivity contribution in [2.45, 2.75) is 31.6 Å². The van der Waals surface area contributed by atoms with Gasteiger partial charge in [-0.2, -0.15) is 11.8 Å². The molecule has 2 heterocycles. The fourth-order valence-electron chi connectivity index (χ4n) is 3.24. The lowest BCUT2D eigenvalue weighted by molar-refractivity contribution is 0.122. The van der Waals surface area contributed by atoms with Crippen LogP contribution in [-0.2, 0) is 11.3 Å². The number of nitrogens with one attached hydrogen (secondary N) is 2. The van der Waals surface area contributed by atoms with Gasteiger partial charge in [0, 0.05) is 31.4 Å².